The Labute approximate surface area is 206 Å². The van der Waals surface area contributed by atoms with Crippen molar-refractivity contribution in [2.24, 2.45) is 52.3 Å². The van der Waals surface area contributed by atoms with Crippen LogP contribution in [0, 0.1) is 52.3 Å². The predicted octanol–water partition coefficient (Wildman–Crippen LogP) is 4.67. The number of fused-ring (bicyclic) bond motifs is 5. The van der Waals surface area contributed by atoms with Gasteiger partial charge in [0, 0.05) is 13.0 Å². The lowest BCUT2D eigenvalue weighted by molar-refractivity contribution is -0.168. The number of carbonyl (C=O) groups is 1. The molecule has 0 aromatic heterocycles. The molecular weight excluding hydrogens is 450 g/mol. The van der Waals surface area contributed by atoms with Crippen molar-refractivity contribution in [2.75, 3.05) is 12.3 Å². The van der Waals surface area contributed by atoms with Gasteiger partial charge in [0.1, 0.15) is 0 Å². The second-order valence-electron chi connectivity index (χ2n) is 13.1. The number of hydrogen-bond donors (Lipinski definition) is 3. The standard InChI is InChI=1S/C27H47NO5S/c1-17-9-11-26(3)19(15-17)16-23(29)25-21-7-6-20(27(21,4)12-10-22(25)26)18(2)5-8-24(30)28-13-14-34(31,32)33/h17-23,25,29H,5-16H2,1-4H3,(H,28,30)(H,31,32,33)/t17-,18-,19?,20-,21+,22+,23+,25+,26+,27-/m1/s1. The molecule has 4 aliphatic carbocycles. The van der Waals surface area contributed by atoms with E-state index in [1.54, 1.807) is 0 Å². The van der Waals surface area contributed by atoms with E-state index in [2.05, 4.69) is 33.0 Å². The van der Waals surface area contributed by atoms with Crippen LogP contribution in [0.15, 0.2) is 0 Å². The fourth-order valence-corrected chi connectivity index (χ4v) is 9.74. The Morgan fingerprint density at radius 2 is 1.74 bits per heavy atom. The lowest BCUT2D eigenvalue weighted by Crippen LogP contribution is -2.58. The minimum absolute atomic E-state index is 0.0469. The van der Waals surface area contributed by atoms with E-state index in [4.69, 9.17) is 4.55 Å². The SMILES string of the molecule is C[C@@H]1CC[C@@]2(C)C(C1)C[C@H](O)[C@H]1[C@@H]3CC[C@H]([C@H](C)CCC(=O)NCCS(=O)(=O)O)[C@@]3(C)CC[C@@H]12. The number of carbonyl (C=O) groups excluding carboxylic acids is 1. The Hall–Kier alpha value is -0.660. The Morgan fingerprint density at radius 1 is 1.06 bits per heavy atom. The summed E-state index contributed by atoms with van der Waals surface area (Å²) < 4.78 is 30.5. The van der Waals surface area contributed by atoms with Gasteiger partial charge in [-0.25, -0.2) is 0 Å². The van der Waals surface area contributed by atoms with Gasteiger partial charge in [0.25, 0.3) is 10.1 Å². The van der Waals surface area contributed by atoms with Crippen LogP contribution in [0.2, 0.25) is 0 Å². The molecule has 6 nitrogen and oxygen atoms in total. The summed E-state index contributed by atoms with van der Waals surface area (Å²) in [5, 5.41) is 14.0. The van der Waals surface area contributed by atoms with Gasteiger partial charge in [-0.3, -0.25) is 9.35 Å². The van der Waals surface area contributed by atoms with E-state index in [-0.39, 0.29) is 24.0 Å². The van der Waals surface area contributed by atoms with Gasteiger partial charge in [-0.15, -0.1) is 0 Å². The molecule has 0 aromatic rings. The minimum atomic E-state index is -4.05. The molecule has 0 spiro atoms. The summed E-state index contributed by atoms with van der Waals surface area (Å²) in [6, 6.07) is 0. The Kier molecular flexibility index (Phi) is 7.50. The highest BCUT2D eigenvalue weighted by Crippen LogP contribution is 2.68. The van der Waals surface area contributed by atoms with Gasteiger partial charge < -0.3 is 10.4 Å². The Balaban J connectivity index is 1.39. The lowest BCUT2D eigenvalue weighted by Gasteiger charge is -2.62. The van der Waals surface area contributed by atoms with Crippen molar-refractivity contribution in [3.63, 3.8) is 0 Å². The smallest absolute Gasteiger partial charge is 0.266 e. The molecule has 1 unspecified atom stereocenters. The fourth-order valence-electron chi connectivity index (χ4n) is 9.38. The maximum Gasteiger partial charge on any atom is 0.266 e. The number of rotatable bonds is 7. The van der Waals surface area contributed by atoms with E-state index >= 15 is 0 Å². The van der Waals surface area contributed by atoms with E-state index in [9.17, 15) is 18.3 Å². The molecule has 4 aliphatic rings. The molecule has 4 rings (SSSR count). The molecule has 0 heterocycles. The number of amides is 1. The first-order valence-corrected chi connectivity index (χ1v) is 15.4. The van der Waals surface area contributed by atoms with Crippen LogP contribution in [0.3, 0.4) is 0 Å². The topological polar surface area (TPSA) is 104 Å². The van der Waals surface area contributed by atoms with Crippen LogP contribution in [-0.4, -0.2) is 42.4 Å². The molecule has 1 amide bonds. The normalized spacial score (nSPS) is 45.1. The summed E-state index contributed by atoms with van der Waals surface area (Å²) in [5.41, 5.74) is 0.621. The molecule has 4 saturated carbocycles. The van der Waals surface area contributed by atoms with E-state index in [1.807, 2.05) is 0 Å². The largest absolute Gasteiger partial charge is 0.393 e. The zero-order valence-electron chi connectivity index (χ0n) is 21.6. The third-order valence-corrected chi connectivity index (χ3v) is 11.9. The van der Waals surface area contributed by atoms with E-state index in [1.165, 1.54) is 44.9 Å². The van der Waals surface area contributed by atoms with Gasteiger partial charge >= 0.3 is 0 Å². The zero-order chi connectivity index (χ0) is 24.9. The molecule has 0 radical (unpaired) electrons. The maximum atomic E-state index is 12.2. The van der Waals surface area contributed by atoms with Gasteiger partial charge in [-0.2, -0.15) is 8.42 Å². The van der Waals surface area contributed by atoms with Gasteiger partial charge in [0.15, 0.2) is 0 Å². The summed E-state index contributed by atoms with van der Waals surface area (Å²) >= 11 is 0. The predicted molar refractivity (Wildman–Crippen MR) is 134 cm³/mol. The molecule has 0 aromatic carbocycles. The highest BCUT2D eigenvalue weighted by Gasteiger charge is 2.62. The van der Waals surface area contributed by atoms with E-state index < -0.39 is 15.9 Å². The molecule has 4 fully saturated rings. The van der Waals surface area contributed by atoms with Crippen LogP contribution < -0.4 is 5.32 Å². The van der Waals surface area contributed by atoms with Crippen molar-refractivity contribution in [1.29, 1.82) is 0 Å². The summed E-state index contributed by atoms with van der Waals surface area (Å²) in [6.07, 6.45) is 10.8. The molecule has 0 bridgehead atoms. The van der Waals surface area contributed by atoms with Crippen molar-refractivity contribution in [2.45, 2.75) is 98.0 Å². The van der Waals surface area contributed by atoms with Crippen LogP contribution in [0.5, 0.6) is 0 Å². The molecule has 7 heteroatoms. The Bertz CT molecular complexity index is 861. The first-order valence-electron chi connectivity index (χ1n) is 13.7. The average Bonchev–Trinajstić information content (AvgIpc) is 3.09. The third kappa shape index (κ3) is 4.95. The zero-order valence-corrected chi connectivity index (χ0v) is 22.4. The highest BCUT2D eigenvalue weighted by atomic mass is 32.2. The Morgan fingerprint density at radius 3 is 2.44 bits per heavy atom. The average molecular weight is 498 g/mol. The number of hydrogen-bond acceptors (Lipinski definition) is 4. The summed E-state index contributed by atoms with van der Waals surface area (Å²) in [6.45, 7) is 9.62. The summed E-state index contributed by atoms with van der Waals surface area (Å²) in [4.78, 5) is 12.2. The molecule has 0 aliphatic heterocycles. The molecule has 0 saturated heterocycles. The number of aliphatic hydroxyl groups is 1. The highest BCUT2D eigenvalue weighted by molar-refractivity contribution is 7.85. The van der Waals surface area contributed by atoms with Crippen molar-refractivity contribution in [1.82, 2.24) is 5.32 Å². The molecule has 34 heavy (non-hydrogen) atoms. The molecule has 3 N–H and O–H groups in total. The number of aliphatic hydroxyl groups excluding tert-OH is 1. The molecular formula is C27H47NO5S. The van der Waals surface area contributed by atoms with Crippen LogP contribution in [-0.2, 0) is 14.9 Å². The monoisotopic (exact) mass is 497 g/mol. The van der Waals surface area contributed by atoms with Crippen molar-refractivity contribution in [3.05, 3.63) is 0 Å². The second kappa shape index (κ2) is 9.66. The minimum Gasteiger partial charge on any atom is -0.393 e. The van der Waals surface area contributed by atoms with Gasteiger partial charge in [-0.05, 0) is 104 Å². The van der Waals surface area contributed by atoms with Gasteiger partial charge in [0.05, 0.1) is 11.9 Å². The third-order valence-electron chi connectivity index (χ3n) is 11.2. The first kappa shape index (κ1) is 26.4. The van der Waals surface area contributed by atoms with Crippen LogP contribution >= 0.6 is 0 Å². The van der Waals surface area contributed by atoms with Crippen LogP contribution in [0.4, 0.5) is 0 Å². The molecule has 196 valence electrons. The maximum absolute atomic E-state index is 12.2. The van der Waals surface area contributed by atoms with Gasteiger partial charge in [-0.1, -0.05) is 34.1 Å². The van der Waals surface area contributed by atoms with Crippen molar-refractivity contribution < 1.29 is 22.9 Å². The van der Waals surface area contributed by atoms with Gasteiger partial charge in [0.2, 0.25) is 5.91 Å². The fraction of sp³-hybridized carbons (Fsp3) is 0.963. The van der Waals surface area contributed by atoms with Crippen molar-refractivity contribution >= 4 is 16.0 Å². The summed E-state index contributed by atoms with van der Waals surface area (Å²) in [7, 11) is -4.05. The first-order chi connectivity index (χ1) is 15.8. The van der Waals surface area contributed by atoms with Crippen LogP contribution in [0.25, 0.3) is 0 Å². The number of nitrogens with one attached hydrogen (secondary N) is 1. The summed E-state index contributed by atoms with van der Waals surface area (Å²) in [5.74, 6) is 3.50. The quantitative estimate of drug-likeness (QED) is 0.443. The van der Waals surface area contributed by atoms with E-state index in [0.29, 0.717) is 47.3 Å². The second-order valence-corrected chi connectivity index (χ2v) is 14.6. The van der Waals surface area contributed by atoms with E-state index in [0.717, 1.165) is 18.8 Å². The van der Waals surface area contributed by atoms with Crippen LogP contribution in [0.1, 0.15) is 91.9 Å². The molecule has 10 atom stereocenters. The lowest BCUT2D eigenvalue weighted by atomic mass is 9.43. The van der Waals surface area contributed by atoms with Crippen molar-refractivity contribution in [3.8, 4) is 0 Å².